The van der Waals surface area contributed by atoms with E-state index in [0.717, 1.165) is 26.3 Å². The van der Waals surface area contributed by atoms with E-state index in [0.29, 0.717) is 17.3 Å². The Morgan fingerprint density at radius 2 is 2.26 bits per heavy atom. The smallest absolute Gasteiger partial charge is 0.251 e. The molecule has 7 heteroatoms. The van der Waals surface area contributed by atoms with Crippen molar-refractivity contribution in [2.45, 2.75) is 6.04 Å². The van der Waals surface area contributed by atoms with Gasteiger partial charge in [0.15, 0.2) is 0 Å². The number of morpholine rings is 1. The zero-order valence-corrected chi connectivity index (χ0v) is 14.1. The molecule has 2 aromatic heterocycles. The normalized spacial score (nSPS) is 16.9. The molecule has 0 unspecified atom stereocenters. The predicted molar refractivity (Wildman–Crippen MR) is 91.0 cm³/mol. The lowest BCUT2D eigenvalue weighted by atomic mass is 10.1. The SMILES string of the molecule is O=C(NC[C@@H](c1cccs1)N1CCOCC1)c1ccnc(Cl)c1. The molecule has 3 rings (SSSR count). The van der Waals surface area contributed by atoms with Crippen molar-refractivity contribution in [3.05, 3.63) is 51.4 Å². The lowest BCUT2D eigenvalue weighted by Gasteiger charge is -2.34. The summed E-state index contributed by atoms with van der Waals surface area (Å²) >= 11 is 7.55. The number of carbonyl (C=O) groups is 1. The first-order valence-corrected chi connectivity index (χ1v) is 8.75. The molecule has 0 spiro atoms. The number of halogens is 1. The fourth-order valence-corrected chi connectivity index (χ4v) is 3.65. The number of thiophene rings is 1. The third-order valence-corrected chi connectivity index (χ3v) is 4.98. The van der Waals surface area contributed by atoms with Gasteiger partial charge in [0.25, 0.3) is 5.91 Å². The summed E-state index contributed by atoms with van der Waals surface area (Å²) in [6, 6.07) is 7.56. The van der Waals surface area contributed by atoms with Crippen LogP contribution in [0.3, 0.4) is 0 Å². The Balaban J connectivity index is 1.67. The quantitative estimate of drug-likeness (QED) is 0.841. The number of amides is 1. The molecule has 1 N–H and O–H groups in total. The van der Waals surface area contributed by atoms with E-state index in [2.05, 4.69) is 26.6 Å². The molecule has 23 heavy (non-hydrogen) atoms. The van der Waals surface area contributed by atoms with Crippen LogP contribution < -0.4 is 5.32 Å². The monoisotopic (exact) mass is 351 g/mol. The number of carbonyl (C=O) groups excluding carboxylic acids is 1. The minimum absolute atomic E-state index is 0.135. The maximum atomic E-state index is 12.3. The van der Waals surface area contributed by atoms with E-state index < -0.39 is 0 Å². The first kappa shape index (κ1) is 16.4. The van der Waals surface area contributed by atoms with Crippen LogP contribution in [0.25, 0.3) is 0 Å². The van der Waals surface area contributed by atoms with E-state index >= 15 is 0 Å². The van der Waals surface area contributed by atoms with Crippen molar-refractivity contribution >= 4 is 28.8 Å². The number of aromatic nitrogens is 1. The topological polar surface area (TPSA) is 54.5 Å². The highest BCUT2D eigenvalue weighted by Gasteiger charge is 2.24. The van der Waals surface area contributed by atoms with E-state index in [9.17, 15) is 4.79 Å². The Morgan fingerprint density at radius 3 is 2.96 bits per heavy atom. The maximum Gasteiger partial charge on any atom is 0.251 e. The average Bonchev–Trinajstić information content (AvgIpc) is 3.10. The van der Waals surface area contributed by atoms with Crippen LogP contribution in [0.4, 0.5) is 0 Å². The molecule has 1 aliphatic heterocycles. The van der Waals surface area contributed by atoms with Gasteiger partial charge in [-0.25, -0.2) is 4.98 Å². The minimum Gasteiger partial charge on any atom is -0.379 e. The van der Waals surface area contributed by atoms with Gasteiger partial charge in [-0.3, -0.25) is 9.69 Å². The molecule has 1 saturated heterocycles. The first-order valence-electron chi connectivity index (χ1n) is 7.49. The van der Waals surface area contributed by atoms with E-state index in [4.69, 9.17) is 16.3 Å². The molecule has 1 fully saturated rings. The molecule has 1 aliphatic rings. The summed E-state index contributed by atoms with van der Waals surface area (Å²) in [6.45, 7) is 3.77. The van der Waals surface area contributed by atoms with Crippen LogP contribution in [-0.2, 0) is 4.74 Å². The Hall–Kier alpha value is -1.47. The molecule has 0 aliphatic carbocycles. The van der Waals surface area contributed by atoms with Crippen LogP contribution >= 0.6 is 22.9 Å². The van der Waals surface area contributed by atoms with Gasteiger partial charge in [0, 0.05) is 36.3 Å². The zero-order valence-electron chi connectivity index (χ0n) is 12.6. The molecule has 2 aromatic rings. The summed E-state index contributed by atoms with van der Waals surface area (Å²) in [7, 11) is 0. The first-order chi connectivity index (χ1) is 11.2. The van der Waals surface area contributed by atoms with Crippen LogP contribution in [-0.4, -0.2) is 48.6 Å². The van der Waals surface area contributed by atoms with Crippen molar-refractivity contribution in [3.8, 4) is 0 Å². The second-order valence-corrected chi connectivity index (χ2v) is 6.62. The Morgan fingerprint density at radius 1 is 1.43 bits per heavy atom. The lowest BCUT2D eigenvalue weighted by molar-refractivity contribution is 0.0169. The summed E-state index contributed by atoms with van der Waals surface area (Å²) in [5.74, 6) is -0.135. The van der Waals surface area contributed by atoms with Crippen LogP contribution in [0.2, 0.25) is 5.15 Å². The molecule has 0 bridgehead atoms. The van der Waals surface area contributed by atoms with E-state index in [1.807, 2.05) is 6.07 Å². The van der Waals surface area contributed by atoms with Gasteiger partial charge in [-0.1, -0.05) is 17.7 Å². The van der Waals surface area contributed by atoms with Crippen LogP contribution in [0.15, 0.2) is 35.8 Å². The zero-order chi connectivity index (χ0) is 16.1. The fourth-order valence-electron chi connectivity index (χ4n) is 2.61. The number of nitrogens with zero attached hydrogens (tertiary/aromatic N) is 2. The number of pyridine rings is 1. The minimum atomic E-state index is -0.135. The van der Waals surface area contributed by atoms with Gasteiger partial charge in [0.1, 0.15) is 5.15 Å². The van der Waals surface area contributed by atoms with Crippen LogP contribution in [0.5, 0.6) is 0 Å². The Labute approximate surface area is 144 Å². The number of rotatable bonds is 5. The van der Waals surface area contributed by atoms with Gasteiger partial charge in [-0.05, 0) is 23.6 Å². The third kappa shape index (κ3) is 4.29. The molecular formula is C16H18ClN3O2S. The van der Waals surface area contributed by atoms with Gasteiger partial charge in [-0.2, -0.15) is 0 Å². The molecule has 122 valence electrons. The second kappa shape index (κ2) is 7.88. The van der Waals surface area contributed by atoms with Crippen molar-refractivity contribution in [2.24, 2.45) is 0 Å². The van der Waals surface area contributed by atoms with Gasteiger partial charge in [0.05, 0.1) is 19.3 Å². The standard InChI is InChI=1S/C16H18ClN3O2S/c17-15-10-12(3-4-18-15)16(21)19-11-13(14-2-1-9-23-14)20-5-7-22-8-6-20/h1-4,9-10,13H,5-8,11H2,(H,19,21)/t13-/m0/s1. The number of ether oxygens (including phenoxy) is 1. The highest BCUT2D eigenvalue weighted by atomic mass is 35.5. The molecule has 0 radical (unpaired) electrons. The average molecular weight is 352 g/mol. The Bertz CT molecular complexity index is 645. The summed E-state index contributed by atoms with van der Waals surface area (Å²) in [5, 5.41) is 5.39. The molecule has 1 atom stereocenters. The molecule has 5 nitrogen and oxygen atoms in total. The van der Waals surface area contributed by atoms with Crippen LogP contribution in [0.1, 0.15) is 21.3 Å². The van der Waals surface area contributed by atoms with Crippen LogP contribution in [0, 0.1) is 0 Å². The molecule has 0 aromatic carbocycles. The highest BCUT2D eigenvalue weighted by molar-refractivity contribution is 7.10. The van der Waals surface area contributed by atoms with Gasteiger partial charge in [-0.15, -0.1) is 11.3 Å². The van der Waals surface area contributed by atoms with Crippen molar-refractivity contribution in [1.29, 1.82) is 0 Å². The summed E-state index contributed by atoms with van der Waals surface area (Å²) in [6.07, 6.45) is 1.54. The van der Waals surface area contributed by atoms with Crippen molar-refractivity contribution in [3.63, 3.8) is 0 Å². The van der Waals surface area contributed by atoms with Crippen molar-refractivity contribution < 1.29 is 9.53 Å². The lowest BCUT2D eigenvalue weighted by Crippen LogP contribution is -2.43. The third-order valence-electron chi connectivity index (χ3n) is 3.80. The number of nitrogens with one attached hydrogen (secondary N) is 1. The largest absolute Gasteiger partial charge is 0.379 e. The molecule has 3 heterocycles. The summed E-state index contributed by atoms with van der Waals surface area (Å²) < 4.78 is 5.43. The van der Waals surface area contributed by atoms with E-state index in [1.165, 1.54) is 11.1 Å². The van der Waals surface area contributed by atoms with E-state index in [-0.39, 0.29) is 11.9 Å². The van der Waals surface area contributed by atoms with E-state index in [1.54, 1.807) is 23.5 Å². The fraction of sp³-hybridized carbons (Fsp3) is 0.375. The molecule has 1 amide bonds. The van der Waals surface area contributed by atoms with Gasteiger partial charge >= 0.3 is 0 Å². The number of hydrogen-bond donors (Lipinski definition) is 1. The summed E-state index contributed by atoms with van der Waals surface area (Å²) in [4.78, 5) is 19.8. The van der Waals surface area contributed by atoms with Crippen molar-refractivity contribution in [1.82, 2.24) is 15.2 Å². The second-order valence-electron chi connectivity index (χ2n) is 5.26. The van der Waals surface area contributed by atoms with Gasteiger partial charge in [0.2, 0.25) is 0 Å². The van der Waals surface area contributed by atoms with Gasteiger partial charge < -0.3 is 10.1 Å². The summed E-state index contributed by atoms with van der Waals surface area (Å²) in [5.41, 5.74) is 0.525. The highest BCUT2D eigenvalue weighted by Crippen LogP contribution is 2.25. The number of hydrogen-bond acceptors (Lipinski definition) is 5. The molecular weight excluding hydrogens is 334 g/mol. The predicted octanol–water partition coefficient (Wildman–Crippen LogP) is 2.60. The Kier molecular flexibility index (Phi) is 5.61. The maximum absolute atomic E-state index is 12.3. The van der Waals surface area contributed by atoms with Crippen molar-refractivity contribution in [2.75, 3.05) is 32.8 Å². The molecule has 0 saturated carbocycles.